The zero-order valence-corrected chi connectivity index (χ0v) is 10.5. The minimum absolute atomic E-state index is 0.0418. The van der Waals surface area contributed by atoms with Gasteiger partial charge < -0.3 is 4.84 Å². The van der Waals surface area contributed by atoms with Crippen molar-refractivity contribution in [3.63, 3.8) is 0 Å². The molecule has 2 saturated carbocycles. The zero-order valence-electron chi connectivity index (χ0n) is 8.95. The van der Waals surface area contributed by atoms with Crippen LogP contribution in [0.25, 0.3) is 0 Å². The van der Waals surface area contributed by atoms with Crippen molar-refractivity contribution in [2.75, 3.05) is 6.61 Å². The van der Waals surface area contributed by atoms with Gasteiger partial charge in [0.1, 0.15) is 5.82 Å². The summed E-state index contributed by atoms with van der Waals surface area (Å²) in [6, 6.07) is 0. The second-order valence-corrected chi connectivity index (χ2v) is 5.64. The summed E-state index contributed by atoms with van der Waals surface area (Å²) >= 11 is 3.52. The van der Waals surface area contributed by atoms with Crippen LogP contribution in [0.1, 0.15) is 43.1 Å². The van der Waals surface area contributed by atoms with Gasteiger partial charge in [-0.05, 0) is 41.6 Å². The fraction of sp³-hybridized carbons (Fsp3) is 0.636. The van der Waals surface area contributed by atoms with E-state index in [1.165, 1.54) is 12.8 Å². The van der Waals surface area contributed by atoms with Gasteiger partial charge in [0, 0.05) is 17.5 Å². The molecule has 0 aliphatic heterocycles. The van der Waals surface area contributed by atoms with E-state index in [-0.39, 0.29) is 5.41 Å². The number of hydrogen-bond acceptors (Lipinski definition) is 4. The van der Waals surface area contributed by atoms with E-state index in [4.69, 9.17) is 15.7 Å². The maximum absolute atomic E-state index is 5.19. The number of hydrogen-bond donors (Lipinski definition) is 1. The van der Waals surface area contributed by atoms with Crippen molar-refractivity contribution >= 4 is 15.9 Å². The fourth-order valence-electron chi connectivity index (χ4n) is 2.05. The molecule has 1 heterocycles. The molecule has 2 fully saturated rings. The first-order valence-corrected chi connectivity index (χ1v) is 6.39. The lowest BCUT2D eigenvalue weighted by atomic mass is 10.0. The van der Waals surface area contributed by atoms with Crippen LogP contribution in [0.5, 0.6) is 0 Å². The molecule has 2 N–H and O–H groups in total. The van der Waals surface area contributed by atoms with Crippen LogP contribution in [0, 0.1) is 0 Å². The molecule has 0 aromatic carbocycles. The summed E-state index contributed by atoms with van der Waals surface area (Å²) in [6.07, 6.45) is 6.52. The number of nitrogens with zero attached hydrogens (tertiary/aromatic N) is 2. The highest BCUT2D eigenvalue weighted by molar-refractivity contribution is 9.10. The van der Waals surface area contributed by atoms with Crippen molar-refractivity contribution in [1.29, 1.82) is 0 Å². The molecular weight excluding hydrogens is 270 g/mol. The summed E-state index contributed by atoms with van der Waals surface area (Å²) in [4.78, 5) is 13.9. The van der Waals surface area contributed by atoms with Gasteiger partial charge in [-0.25, -0.2) is 15.9 Å². The quantitative estimate of drug-likeness (QED) is 0.859. The van der Waals surface area contributed by atoms with Crippen molar-refractivity contribution in [3.8, 4) is 0 Å². The summed E-state index contributed by atoms with van der Waals surface area (Å²) in [5.41, 5.74) is 1.12. The van der Waals surface area contributed by atoms with Gasteiger partial charge >= 0.3 is 0 Å². The van der Waals surface area contributed by atoms with Gasteiger partial charge in [0.05, 0.1) is 16.8 Å². The lowest BCUT2D eigenvalue weighted by molar-refractivity contribution is 0.114. The molecule has 0 amide bonds. The molecular formula is C11H14BrN3O. The number of nitrogens with two attached hydrogens (primary N) is 1. The highest BCUT2D eigenvalue weighted by Crippen LogP contribution is 2.50. The lowest BCUT2D eigenvalue weighted by Gasteiger charge is -2.15. The smallest absolute Gasteiger partial charge is 0.131 e. The van der Waals surface area contributed by atoms with Crippen molar-refractivity contribution in [3.05, 3.63) is 22.2 Å². The van der Waals surface area contributed by atoms with Crippen molar-refractivity contribution in [2.45, 2.75) is 37.0 Å². The molecule has 0 unspecified atom stereocenters. The average Bonchev–Trinajstić information content (AvgIpc) is 3.13. The van der Waals surface area contributed by atoms with Crippen molar-refractivity contribution in [1.82, 2.24) is 9.97 Å². The van der Waals surface area contributed by atoms with Gasteiger partial charge in [-0.3, -0.25) is 0 Å². The van der Waals surface area contributed by atoms with Gasteiger partial charge in [-0.15, -0.1) is 0 Å². The summed E-state index contributed by atoms with van der Waals surface area (Å²) in [6.45, 7) is 0.548. The molecule has 16 heavy (non-hydrogen) atoms. The number of halogens is 1. The lowest BCUT2D eigenvalue weighted by Crippen LogP contribution is -2.21. The number of aromatic nitrogens is 2. The van der Waals surface area contributed by atoms with Crippen LogP contribution in [-0.2, 0) is 10.3 Å². The Hall–Kier alpha value is -0.520. The molecule has 1 aromatic rings. The summed E-state index contributed by atoms with van der Waals surface area (Å²) in [7, 11) is 0. The molecule has 1 aromatic heterocycles. The summed E-state index contributed by atoms with van der Waals surface area (Å²) in [5, 5.41) is 0. The fourth-order valence-corrected chi connectivity index (χ4v) is 2.66. The van der Waals surface area contributed by atoms with Crippen molar-refractivity contribution < 1.29 is 4.84 Å². The Morgan fingerprint density at radius 2 is 2.25 bits per heavy atom. The van der Waals surface area contributed by atoms with E-state index in [2.05, 4.69) is 20.9 Å². The molecule has 0 atom stereocenters. The Kier molecular flexibility index (Phi) is 2.49. The third kappa shape index (κ3) is 1.77. The molecule has 2 aliphatic carbocycles. The predicted molar refractivity (Wildman–Crippen MR) is 62.8 cm³/mol. The molecule has 4 nitrogen and oxygen atoms in total. The SMILES string of the molecule is NOCC1(c2nc(C3CC3)ncc2Br)CC1. The van der Waals surface area contributed by atoms with Crippen LogP contribution in [0.2, 0.25) is 0 Å². The molecule has 0 saturated heterocycles. The third-order valence-corrected chi connectivity index (χ3v) is 4.00. The molecule has 3 rings (SSSR count). The maximum Gasteiger partial charge on any atom is 0.131 e. The highest BCUT2D eigenvalue weighted by Gasteiger charge is 2.48. The largest absolute Gasteiger partial charge is 0.304 e. The van der Waals surface area contributed by atoms with Gasteiger partial charge in [-0.1, -0.05) is 0 Å². The van der Waals surface area contributed by atoms with E-state index in [9.17, 15) is 0 Å². The third-order valence-electron chi connectivity index (χ3n) is 3.42. The van der Waals surface area contributed by atoms with Gasteiger partial charge in [0.15, 0.2) is 0 Å². The van der Waals surface area contributed by atoms with Crippen LogP contribution < -0.4 is 5.90 Å². The molecule has 86 valence electrons. The van der Waals surface area contributed by atoms with Crippen LogP contribution in [0.15, 0.2) is 10.7 Å². The van der Waals surface area contributed by atoms with E-state index in [0.717, 1.165) is 28.8 Å². The molecule has 0 bridgehead atoms. The highest BCUT2D eigenvalue weighted by atomic mass is 79.9. The first kappa shape index (κ1) is 10.6. The predicted octanol–water partition coefficient (Wildman–Crippen LogP) is 2.04. The van der Waals surface area contributed by atoms with E-state index in [1.54, 1.807) is 0 Å². The second-order valence-electron chi connectivity index (χ2n) is 4.79. The van der Waals surface area contributed by atoms with Gasteiger partial charge in [0.25, 0.3) is 0 Å². The van der Waals surface area contributed by atoms with Crippen molar-refractivity contribution in [2.24, 2.45) is 5.90 Å². The summed E-state index contributed by atoms with van der Waals surface area (Å²) in [5.74, 6) is 6.77. The topological polar surface area (TPSA) is 61.0 Å². The molecule has 2 aliphatic rings. The second kappa shape index (κ2) is 3.75. The number of rotatable bonds is 4. The minimum atomic E-state index is 0.0418. The molecule has 0 radical (unpaired) electrons. The van der Waals surface area contributed by atoms with Crippen LogP contribution in [0.4, 0.5) is 0 Å². The van der Waals surface area contributed by atoms with Gasteiger partial charge in [-0.2, -0.15) is 0 Å². The average molecular weight is 284 g/mol. The van der Waals surface area contributed by atoms with Crippen LogP contribution in [0.3, 0.4) is 0 Å². The van der Waals surface area contributed by atoms with E-state index in [1.807, 2.05) is 6.20 Å². The Labute approximate surface area is 103 Å². The first-order chi connectivity index (χ1) is 7.75. The summed E-state index contributed by atoms with van der Waals surface area (Å²) < 4.78 is 0.978. The zero-order chi connectivity index (χ0) is 11.2. The normalized spacial score (nSPS) is 22.1. The molecule has 5 heteroatoms. The van der Waals surface area contributed by atoms with Crippen LogP contribution >= 0.6 is 15.9 Å². The van der Waals surface area contributed by atoms with E-state index in [0.29, 0.717) is 12.5 Å². The first-order valence-electron chi connectivity index (χ1n) is 5.60. The van der Waals surface area contributed by atoms with Crippen LogP contribution in [-0.4, -0.2) is 16.6 Å². The van der Waals surface area contributed by atoms with E-state index >= 15 is 0 Å². The standard InChI is InChI=1S/C11H14BrN3O/c12-8-5-14-10(7-1-2-7)15-9(8)11(3-4-11)6-16-13/h5,7H,1-4,6,13H2. The minimum Gasteiger partial charge on any atom is -0.304 e. The maximum atomic E-state index is 5.19. The van der Waals surface area contributed by atoms with E-state index < -0.39 is 0 Å². The Balaban J connectivity index is 1.95. The monoisotopic (exact) mass is 283 g/mol. The molecule has 0 spiro atoms. The Morgan fingerprint density at radius 3 is 2.81 bits per heavy atom. The Bertz CT molecular complexity index is 416. The Morgan fingerprint density at radius 1 is 1.50 bits per heavy atom. The van der Waals surface area contributed by atoms with Gasteiger partial charge in [0.2, 0.25) is 0 Å².